The Kier molecular flexibility index (Phi) is 3.92. The van der Waals surface area contributed by atoms with Crippen LogP contribution in [0.5, 0.6) is 0 Å². The summed E-state index contributed by atoms with van der Waals surface area (Å²) in [4.78, 5) is 11.4. The van der Waals surface area contributed by atoms with E-state index < -0.39 is 0 Å². The topological polar surface area (TPSA) is 29.1 Å². The Balaban J connectivity index is 1.94. The van der Waals surface area contributed by atoms with Gasteiger partial charge >= 0.3 is 0 Å². The van der Waals surface area contributed by atoms with Gasteiger partial charge in [0, 0.05) is 16.8 Å². The van der Waals surface area contributed by atoms with Gasteiger partial charge in [-0.1, -0.05) is 28.1 Å². The van der Waals surface area contributed by atoms with Crippen molar-refractivity contribution in [2.24, 2.45) is 0 Å². The lowest BCUT2D eigenvalue weighted by Crippen LogP contribution is -2.20. The molecule has 0 radical (unpaired) electrons. The summed E-state index contributed by atoms with van der Waals surface area (Å²) in [5.41, 5.74) is 2.53. The number of hydrogen-bond acceptors (Lipinski definition) is 2. The van der Waals surface area contributed by atoms with E-state index in [4.69, 9.17) is 0 Å². The molecule has 1 fully saturated rings. The number of thioether (sulfide) groups is 1. The zero-order valence-electron chi connectivity index (χ0n) is 9.13. The molecule has 0 saturated carbocycles. The Bertz CT molecular complexity index is 408. The van der Waals surface area contributed by atoms with E-state index in [-0.39, 0.29) is 11.2 Å². The molecule has 1 aromatic carbocycles. The van der Waals surface area contributed by atoms with Gasteiger partial charge in [0.2, 0.25) is 5.91 Å². The van der Waals surface area contributed by atoms with Crippen LogP contribution in [-0.4, -0.2) is 17.7 Å². The van der Waals surface area contributed by atoms with Crippen LogP contribution in [0.1, 0.15) is 17.5 Å². The Morgan fingerprint density at radius 3 is 3.00 bits per heavy atom. The number of nitrogens with one attached hydrogen (secondary N) is 1. The summed E-state index contributed by atoms with van der Waals surface area (Å²) in [5, 5.41) is 3.00. The van der Waals surface area contributed by atoms with Crippen LogP contribution in [0.2, 0.25) is 0 Å². The first-order valence-electron chi connectivity index (χ1n) is 5.31. The fourth-order valence-electron chi connectivity index (χ4n) is 1.72. The number of carbonyl (C=O) groups is 1. The second kappa shape index (κ2) is 5.23. The lowest BCUT2D eigenvalue weighted by atomic mass is 10.2. The summed E-state index contributed by atoms with van der Waals surface area (Å²) in [7, 11) is 0. The molecule has 2 rings (SSSR count). The van der Waals surface area contributed by atoms with Crippen molar-refractivity contribution in [1.29, 1.82) is 0 Å². The monoisotopic (exact) mass is 299 g/mol. The van der Waals surface area contributed by atoms with E-state index in [9.17, 15) is 4.79 Å². The molecule has 0 aliphatic carbocycles. The van der Waals surface area contributed by atoms with Crippen molar-refractivity contribution in [3.05, 3.63) is 33.8 Å². The quantitative estimate of drug-likeness (QED) is 0.930. The number of benzene rings is 1. The highest BCUT2D eigenvalue weighted by atomic mass is 79.9. The largest absolute Gasteiger partial charge is 0.355 e. The molecule has 0 bridgehead atoms. The third-order valence-electron chi connectivity index (χ3n) is 2.67. The molecule has 16 heavy (non-hydrogen) atoms. The molecule has 1 N–H and O–H groups in total. The first kappa shape index (κ1) is 12.0. The Hall–Kier alpha value is -0.480. The first-order chi connectivity index (χ1) is 7.66. The minimum absolute atomic E-state index is 0.143. The molecule has 2 nitrogen and oxygen atoms in total. The minimum Gasteiger partial charge on any atom is -0.355 e. The number of hydrogen-bond donors (Lipinski definition) is 1. The number of aryl methyl sites for hydroxylation is 1. The molecular weight excluding hydrogens is 286 g/mol. The van der Waals surface area contributed by atoms with Crippen LogP contribution in [0, 0.1) is 6.92 Å². The molecule has 1 aromatic rings. The second-order valence-corrected chi connectivity index (χ2v) is 6.01. The SMILES string of the molecule is Cc1cc(CSC2CCNC2=O)ccc1Br. The maximum atomic E-state index is 11.4. The molecule has 1 atom stereocenters. The minimum atomic E-state index is 0.143. The number of carbonyl (C=O) groups excluding carboxylic acids is 1. The Labute approximate surface area is 108 Å². The summed E-state index contributed by atoms with van der Waals surface area (Å²) >= 11 is 5.22. The van der Waals surface area contributed by atoms with Gasteiger partial charge in [0.15, 0.2) is 0 Å². The van der Waals surface area contributed by atoms with Crippen LogP contribution < -0.4 is 5.32 Å². The Morgan fingerprint density at radius 1 is 1.56 bits per heavy atom. The van der Waals surface area contributed by atoms with Crippen LogP contribution in [0.25, 0.3) is 0 Å². The molecule has 4 heteroatoms. The third-order valence-corrected chi connectivity index (χ3v) is 4.91. The fourth-order valence-corrected chi connectivity index (χ4v) is 3.06. The van der Waals surface area contributed by atoms with E-state index in [1.807, 2.05) is 0 Å². The molecule has 1 aliphatic rings. The summed E-state index contributed by atoms with van der Waals surface area (Å²) in [6.07, 6.45) is 0.957. The normalized spacial score (nSPS) is 19.9. The van der Waals surface area contributed by atoms with Crippen LogP contribution >= 0.6 is 27.7 Å². The van der Waals surface area contributed by atoms with Gasteiger partial charge in [-0.3, -0.25) is 4.79 Å². The number of amides is 1. The van der Waals surface area contributed by atoms with Crippen molar-refractivity contribution in [2.75, 3.05) is 6.54 Å². The molecular formula is C12H14BrNOS. The average molecular weight is 300 g/mol. The lowest BCUT2D eigenvalue weighted by molar-refractivity contribution is -0.118. The van der Waals surface area contributed by atoms with Crippen molar-refractivity contribution in [3.8, 4) is 0 Å². The molecule has 0 spiro atoms. The maximum absolute atomic E-state index is 11.4. The second-order valence-electron chi connectivity index (χ2n) is 3.96. The van der Waals surface area contributed by atoms with Crippen molar-refractivity contribution in [1.82, 2.24) is 5.32 Å². The summed E-state index contributed by atoms with van der Waals surface area (Å²) < 4.78 is 1.14. The van der Waals surface area contributed by atoms with Gasteiger partial charge in [-0.25, -0.2) is 0 Å². The van der Waals surface area contributed by atoms with Crippen LogP contribution in [-0.2, 0) is 10.5 Å². The molecule has 86 valence electrons. The standard InChI is InChI=1S/C12H14BrNOS/c1-8-6-9(2-3-10(8)13)7-16-11-4-5-14-12(11)15/h2-3,6,11H,4-5,7H2,1H3,(H,14,15). The third kappa shape index (κ3) is 2.80. The lowest BCUT2D eigenvalue weighted by Gasteiger charge is -2.07. The summed E-state index contributed by atoms with van der Waals surface area (Å²) in [5.74, 6) is 1.10. The van der Waals surface area contributed by atoms with Gasteiger partial charge in [-0.15, -0.1) is 11.8 Å². The summed E-state index contributed by atoms with van der Waals surface area (Å²) in [6.45, 7) is 2.91. The van der Waals surface area contributed by atoms with E-state index in [1.54, 1.807) is 11.8 Å². The van der Waals surface area contributed by atoms with E-state index in [2.05, 4.69) is 46.4 Å². The number of halogens is 1. The van der Waals surface area contributed by atoms with E-state index >= 15 is 0 Å². The predicted octanol–water partition coefficient (Wildman–Crippen LogP) is 2.88. The first-order valence-corrected chi connectivity index (χ1v) is 7.15. The maximum Gasteiger partial charge on any atom is 0.233 e. The van der Waals surface area contributed by atoms with Crippen LogP contribution in [0.15, 0.2) is 22.7 Å². The highest BCUT2D eigenvalue weighted by Gasteiger charge is 2.23. The van der Waals surface area contributed by atoms with Crippen molar-refractivity contribution in [2.45, 2.75) is 24.3 Å². The van der Waals surface area contributed by atoms with E-state index in [0.29, 0.717) is 0 Å². The van der Waals surface area contributed by atoms with Crippen LogP contribution in [0.4, 0.5) is 0 Å². The molecule has 0 aromatic heterocycles. The predicted molar refractivity (Wildman–Crippen MR) is 71.6 cm³/mol. The number of rotatable bonds is 3. The fraction of sp³-hybridized carbons (Fsp3) is 0.417. The van der Waals surface area contributed by atoms with E-state index in [1.165, 1.54) is 11.1 Å². The van der Waals surface area contributed by atoms with E-state index in [0.717, 1.165) is 23.2 Å². The van der Waals surface area contributed by atoms with Crippen molar-refractivity contribution < 1.29 is 4.79 Å². The summed E-state index contributed by atoms with van der Waals surface area (Å²) in [6, 6.07) is 6.35. The van der Waals surface area contributed by atoms with Gasteiger partial charge in [0.1, 0.15) is 0 Å². The smallest absolute Gasteiger partial charge is 0.233 e. The zero-order chi connectivity index (χ0) is 11.5. The molecule has 1 saturated heterocycles. The van der Waals surface area contributed by atoms with Gasteiger partial charge in [-0.2, -0.15) is 0 Å². The molecule has 1 heterocycles. The zero-order valence-corrected chi connectivity index (χ0v) is 11.5. The highest BCUT2D eigenvalue weighted by molar-refractivity contribution is 9.10. The average Bonchev–Trinajstić information content (AvgIpc) is 2.66. The van der Waals surface area contributed by atoms with Gasteiger partial charge in [-0.05, 0) is 30.5 Å². The molecule has 1 amide bonds. The van der Waals surface area contributed by atoms with Crippen LogP contribution in [0.3, 0.4) is 0 Å². The molecule has 1 unspecified atom stereocenters. The van der Waals surface area contributed by atoms with Crippen molar-refractivity contribution >= 4 is 33.6 Å². The van der Waals surface area contributed by atoms with Gasteiger partial charge < -0.3 is 5.32 Å². The highest BCUT2D eigenvalue weighted by Crippen LogP contribution is 2.25. The van der Waals surface area contributed by atoms with Gasteiger partial charge in [0.25, 0.3) is 0 Å². The van der Waals surface area contributed by atoms with Crippen molar-refractivity contribution in [3.63, 3.8) is 0 Å². The Morgan fingerprint density at radius 2 is 2.38 bits per heavy atom. The van der Waals surface area contributed by atoms with Gasteiger partial charge in [0.05, 0.1) is 5.25 Å². The molecule has 1 aliphatic heterocycles.